The van der Waals surface area contributed by atoms with Crippen LogP contribution in [0.5, 0.6) is 0 Å². The first-order chi connectivity index (χ1) is 14.0. The third kappa shape index (κ3) is 2.95. The van der Waals surface area contributed by atoms with Crippen LogP contribution < -0.4 is 10.9 Å². The SMILES string of the molecule is CC(C)n1c(NCc2nc3ccccc3n2C)nc2sc3c(c2c1=O)CCCC3. The molecule has 0 amide bonds. The van der Waals surface area contributed by atoms with E-state index in [0.29, 0.717) is 12.5 Å². The molecule has 1 N–H and O–H groups in total. The van der Waals surface area contributed by atoms with E-state index in [1.165, 1.54) is 16.9 Å². The number of hydrogen-bond donors (Lipinski definition) is 1. The molecule has 5 rings (SSSR count). The molecule has 0 unspecified atom stereocenters. The average Bonchev–Trinajstić information content (AvgIpc) is 3.24. The van der Waals surface area contributed by atoms with Gasteiger partial charge in [0.25, 0.3) is 5.56 Å². The summed E-state index contributed by atoms with van der Waals surface area (Å²) in [6.07, 6.45) is 4.43. The number of imidazole rings is 1. The van der Waals surface area contributed by atoms with Crippen molar-refractivity contribution in [1.29, 1.82) is 0 Å². The number of aryl methyl sites for hydroxylation is 3. The van der Waals surface area contributed by atoms with Crippen LogP contribution in [0, 0.1) is 0 Å². The predicted octanol–water partition coefficient (Wildman–Crippen LogP) is 4.42. The summed E-state index contributed by atoms with van der Waals surface area (Å²) in [4.78, 5) is 25.2. The second-order valence-electron chi connectivity index (χ2n) is 8.02. The van der Waals surface area contributed by atoms with Crippen molar-refractivity contribution in [1.82, 2.24) is 19.1 Å². The van der Waals surface area contributed by atoms with E-state index in [9.17, 15) is 4.79 Å². The predicted molar refractivity (Wildman–Crippen MR) is 119 cm³/mol. The van der Waals surface area contributed by atoms with Gasteiger partial charge in [0.15, 0.2) is 0 Å². The monoisotopic (exact) mass is 407 g/mol. The van der Waals surface area contributed by atoms with Gasteiger partial charge in [-0.15, -0.1) is 11.3 Å². The van der Waals surface area contributed by atoms with Gasteiger partial charge in [-0.25, -0.2) is 9.97 Å². The normalized spacial score (nSPS) is 14.1. The maximum atomic E-state index is 13.4. The number of benzene rings is 1. The first-order valence-corrected chi connectivity index (χ1v) is 11.1. The lowest BCUT2D eigenvalue weighted by Crippen LogP contribution is -2.27. The fourth-order valence-electron chi connectivity index (χ4n) is 4.33. The number of nitrogens with one attached hydrogen (secondary N) is 1. The number of thiophene rings is 1. The van der Waals surface area contributed by atoms with Crippen LogP contribution in [0.25, 0.3) is 21.3 Å². The van der Waals surface area contributed by atoms with Crippen molar-refractivity contribution in [2.24, 2.45) is 7.05 Å². The minimum absolute atomic E-state index is 0.0292. The lowest BCUT2D eigenvalue weighted by atomic mass is 9.97. The number of anilines is 1. The Balaban J connectivity index is 1.57. The van der Waals surface area contributed by atoms with Crippen molar-refractivity contribution in [3.8, 4) is 0 Å². The molecule has 3 heterocycles. The topological polar surface area (TPSA) is 64.7 Å². The summed E-state index contributed by atoms with van der Waals surface area (Å²) >= 11 is 1.69. The molecule has 0 saturated carbocycles. The van der Waals surface area contributed by atoms with Gasteiger partial charge in [0, 0.05) is 18.0 Å². The van der Waals surface area contributed by atoms with E-state index < -0.39 is 0 Å². The van der Waals surface area contributed by atoms with Crippen LogP contribution in [0.3, 0.4) is 0 Å². The van der Waals surface area contributed by atoms with Crippen LogP contribution in [0.15, 0.2) is 29.1 Å². The van der Waals surface area contributed by atoms with Gasteiger partial charge >= 0.3 is 0 Å². The zero-order valence-electron chi connectivity index (χ0n) is 17.0. The van der Waals surface area contributed by atoms with Crippen molar-refractivity contribution in [3.63, 3.8) is 0 Å². The molecule has 7 heteroatoms. The molecular weight excluding hydrogens is 382 g/mol. The number of nitrogens with zero attached hydrogens (tertiary/aromatic N) is 4. The molecule has 3 aromatic heterocycles. The lowest BCUT2D eigenvalue weighted by molar-refractivity contribution is 0.578. The molecular formula is C22H25N5OS. The summed E-state index contributed by atoms with van der Waals surface area (Å²) in [5.74, 6) is 1.55. The van der Waals surface area contributed by atoms with Crippen LogP contribution in [-0.4, -0.2) is 19.1 Å². The van der Waals surface area contributed by atoms with Crippen LogP contribution in [0.1, 0.15) is 49.0 Å². The van der Waals surface area contributed by atoms with E-state index in [4.69, 9.17) is 9.97 Å². The van der Waals surface area contributed by atoms with Crippen LogP contribution in [0.4, 0.5) is 5.95 Å². The molecule has 1 aliphatic rings. The smallest absolute Gasteiger partial charge is 0.264 e. The second-order valence-corrected chi connectivity index (χ2v) is 9.11. The van der Waals surface area contributed by atoms with Crippen LogP contribution in [0.2, 0.25) is 0 Å². The van der Waals surface area contributed by atoms with Gasteiger partial charge in [-0.3, -0.25) is 9.36 Å². The van der Waals surface area contributed by atoms with Gasteiger partial charge in [-0.2, -0.15) is 0 Å². The molecule has 6 nitrogen and oxygen atoms in total. The largest absolute Gasteiger partial charge is 0.348 e. The third-order valence-electron chi connectivity index (χ3n) is 5.82. The average molecular weight is 408 g/mol. The molecule has 1 aromatic carbocycles. The van der Waals surface area contributed by atoms with Gasteiger partial charge in [-0.05, 0) is 57.2 Å². The zero-order chi connectivity index (χ0) is 20.1. The number of aromatic nitrogens is 4. The highest BCUT2D eigenvalue weighted by Crippen LogP contribution is 2.34. The van der Waals surface area contributed by atoms with Crippen molar-refractivity contribution < 1.29 is 0 Å². The van der Waals surface area contributed by atoms with Gasteiger partial charge in [0.1, 0.15) is 10.7 Å². The number of rotatable bonds is 4. The van der Waals surface area contributed by atoms with Crippen LogP contribution in [-0.2, 0) is 26.4 Å². The molecule has 0 fully saturated rings. The van der Waals surface area contributed by atoms with Crippen LogP contribution >= 0.6 is 11.3 Å². The fourth-order valence-corrected chi connectivity index (χ4v) is 5.58. The number of para-hydroxylation sites is 2. The Labute approximate surface area is 173 Å². The van der Waals surface area contributed by atoms with E-state index in [2.05, 4.69) is 16.0 Å². The van der Waals surface area contributed by atoms with Gasteiger partial charge in [0.2, 0.25) is 5.95 Å². The Kier molecular flexibility index (Phi) is 4.42. The lowest BCUT2D eigenvalue weighted by Gasteiger charge is -2.17. The highest BCUT2D eigenvalue weighted by molar-refractivity contribution is 7.18. The summed E-state index contributed by atoms with van der Waals surface area (Å²) < 4.78 is 3.88. The summed E-state index contributed by atoms with van der Waals surface area (Å²) in [5.41, 5.74) is 3.39. The Morgan fingerprint density at radius 3 is 2.76 bits per heavy atom. The van der Waals surface area contributed by atoms with Gasteiger partial charge in [-0.1, -0.05) is 12.1 Å². The highest BCUT2D eigenvalue weighted by Gasteiger charge is 2.23. The van der Waals surface area contributed by atoms with Gasteiger partial charge in [0.05, 0.1) is 23.0 Å². The molecule has 1 aliphatic carbocycles. The fraction of sp³-hybridized carbons (Fsp3) is 0.409. The minimum atomic E-state index is 0.0292. The first kappa shape index (κ1) is 18.4. The molecule has 0 bridgehead atoms. The third-order valence-corrected chi connectivity index (χ3v) is 7.01. The molecule has 0 atom stereocenters. The van der Waals surface area contributed by atoms with Gasteiger partial charge < -0.3 is 9.88 Å². The Morgan fingerprint density at radius 1 is 1.17 bits per heavy atom. The summed E-state index contributed by atoms with van der Waals surface area (Å²) in [6, 6.07) is 8.13. The second kappa shape index (κ2) is 6.99. The molecule has 150 valence electrons. The van der Waals surface area contributed by atoms with E-state index >= 15 is 0 Å². The molecule has 0 saturated heterocycles. The molecule has 29 heavy (non-hydrogen) atoms. The minimum Gasteiger partial charge on any atom is -0.348 e. The van der Waals surface area contributed by atoms with Crippen molar-refractivity contribution in [2.75, 3.05) is 5.32 Å². The van der Waals surface area contributed by atoms with E-state index in [1.807, 2.05) is 39.1 Å². The van der Waals surface area contributed by atoms with E-state index in [-0.39, 0.29) is 11.6 Å². The summed E-state index contributed by atoms with van der Waals surface area (Å²) in [7, 11) is 2.02. The van der Waals surface area contributed by atoms with Crippen molar-refractivity contribution in [3.05, 3.63) is 50.9 Å². The number of fused-ring (bicyclic) bond motifs is 4. The Bertz CT molecular complexity index is 1280. The quantitative estimate of drug-likeness (QED) is 0.544. The summed E-state index contributed by atoms with van der Waals surface area (Å²) in [6.45, 7) is 4.59. The van der Waals surface area contributed by atoms with E-state index in [1.54, 1.807) is 15.9 Å². The Hall–Kier alpha value is -2.67. The van der Waals surface area contributed by atoms with E-state index in [0.717, 1.165) is 46.3 Å². The number of hydrogen-bond acceptors (Lipinski definition) is 5. The molecule has 0 radical (unpaired) electrons. The van der Waals surface area contributed by atoms with Crippen molar-refractivity contribution in [2.45, 2.75) is 52.1 Å². The molecule has 0 spiro atoms. The first-order valence-electron chi connectivity index (χ1n) is 10.3. The zero-order valence-corrected chi connectivity index (χ0v) is 17.8. The summed E-state index contributed by atoms with van der Waals surface area (Å²) in [5, 5.41) is 4.24. The maximum Gasteiger partial charge on any atom is 0.264 e. The highest BCUT2D eigenvalue weighted by atomic mass is 32.1. The maximum absolute atomic E-state index is 13.4. The standard InChI is InChI=1S/C22H25N5OS/c1-13(2)27-21(28)19-14-8-4-7-11-17(14)29-20(19)25-22(27)23-12-18-24-15-9-5-6-10-16(15)26(18)3/h5-6,9-10,13H,4,7-8,11-12H2,1-3H3,(H,23,25). The molecule has 0 aliphatic heterocycles. The Morgan fingerprint density at radius 2 is 1.97 bits per heavy atom. The molecule has 4 aromatic rings. The van der Waals surface area contributed by atoms with Crippen molar-refractivity contribution >= 4 is 38.5 Å².